The molecule has 9 heteroatoms. The van der Waals surface area contributed by atoms with Crippen LogP contribution in [0.2, 0.25) is 0 Å². The lowest BCUT2D eigenvalue weighted by atomic mass is 10.1. The van der Waals surface area contributed by atoms with Crippen LogP contribution in [-0.4, -0.2) is 35.1 Å². The third-order valence-electron chi connectivity index (χ3n) is 5.21. The first-order valence-corrected chi connectivity index (χ1v) is 9.83. The molecule has 0 unspecified atom stereocenters. The number of nitrogen functional groups attached to an aromatic ring is 1. The lowest BCUT2D eigenvalue weighted by molar-refractivity contribution is 0.629. The number of H-pyrrole nitrogens is 2. The Hall–Kier alpha value is -4.66. The minimum atomic E-state index is -0.409. The second-order valence-electron chi connectivity index (χ2n) is 7.32. The molecular weight excluding hydrogens is 407 g/mol. The fraction of sp³-hybridized carbons (Fsp3) is 0. The van der Waals surface area contributed by atoms with Gasteiger partial charge in [0.05, 0.1) is 23.1 Å². The van der Waals surface area contributed by atoms with Gasteiger partial charge in [-0.3, -0.25) is 15.1 Å². The van der Waals surface area contributed by atoms with Gasteiger partial charge in [0.2, 0.25) is 0 Å². The van der Waals surface area contributed by atoms with E-state index in [2.05, 4.69) is 30.1 Å². The Morgan fingerprint density at radius 2 is 1.84 bits per heavy atom. The van der Waals surface area contributed by atoms with Crippen molar-refractivity contribution in [2.45, 2.75) is 0 Å². The van der Waals surface area contributed by atoms with Gasteiger partial charge in [-0.2, -0.15) is 5.10 Å². The maximum absolute atomic E-state index is 13.9. The first-order valence-electron chi connectivity index (χ1n) is 9.83. The Morgan fingerprint density at radius 3 is 2.69 bits per heavy atom. The van der Waals surface area contributed by atoms with Gasteiger partial charge in [-0.25, -0.2) is 14.4 Å². The van der Waals surface area contributed by atoms with Gasteiger partial charge in [-0.05, 0) is 48.0 Å². The predicted octanol–water partition coefficient (Wildman–Crippen LogP) is 4.35. The van der Waals surface area contributed by atoms with E-state index in [0.29, 0.717) is 33.9 Å². The Bertz CT molecular complexity index is 1580. The van der Waals surface area contributed by atoms with Crippen LogP contribution >= 0.6 is 0 Å². The number of pyridine rings is 3. The standard InChI is InChI=1S/C23H15FN8/c24-13-7-12(8-14(25)9-13)15-4-6-27-22-20(15)29-23(30-22)21-16-10-18(17-3-1-2-5-26-17)28-11-19(16)31-32-21/h1-11H,25H2,(H,31,32)(H,27,29,30). The summed E-state index contributed by atoms with van der Waals surface area (Å²) in [5, 5.41) is 8.27. The van der Waals surface area contributed by atoms with Gasteiger partial charge in [0.15, 0.2) is 11.5 Å². The molecule has 0 spiro atoms. The topological polar surface area (TPSA) is 122 Å². The van der Waals surface area contributed by atoms with Crippen LogP contribution in [0.5, 0.6) is 0 Å². The minimum absolute atomic E-state index is 0.341. The summed E-state index contributed by atoms with van der Waals surface area (Å²) in [6.45, 7) is 0. The SMILES string of the molecule is Nc1cc(F)cc(-c2ccnc3[nH]c(-c4n[nH]c5cnc(-c6ccccn6)cc45)nc23)c1. The average molecular weight is 422 g/mol. The minimum Gasteiger partial charge on any atom is -0.399 e. The van der Waals surface area contributed by atoms with Gasteiger partial charge in [-0.15, -0.1) is 0 Å². The summed E-state index contributed by atoms with van der Waals surface area (Å²) in [5.74, 6) is 0.127. The van der Waals surface area contributed by atoms with E-state index in [0.717, 1.165) is 27.9 Å². The summed E-state index contributed by atoms with van der Waals surface area (Å²) in [6.07, 6.45) is 5.09. The Morgan fingerprint density at radius 1 is 0.906 bits per heavy atom. The molecule has 0 aliphatic heterocycles. The van der Waals surface area contributed by atoms with E-state index in [1.54, 1.807) is 30.7 Å². The van der Waals surface area contributed by atoms with Gasteiger partial charge in [0, 0.05) is 29.0 Å². The molecule has 0 aliphatic rings. The van der Waals surface area contributed by atoms with Crippen molar-refractivity contribution >= 4 is 27.8 Å². The molecule has 0 fully saturated rings. The molecule has 5 aromatic heterocycles. The van der Waals surface area contributed by atoms with E-state index in [1.807, 2.05) is 24.3 Å². The third kappa shape index (κ3) is 2.95. The Balaban J connectivity index is 1.52. The maximum atomic E-state index is 13.9. The van der Waals surface area contributed by atoms with Crippen LogP contribution in [-0.2, 0) is 0 Å². The van der Waals surface area contributed by atoms with Crippen LogP contribution in [0.25, 0.3) is 56.1 Å². The number of aromatic nitrogens is 7. The Kier molecular flexibility index (Phi) is 3.94. The zero-order valence-corrected chi connectivity index (χ0v) is 16.5. The van der Waals surface area contributed by atoms with Crippen LogP contribution in [0, 0.1) is 5.82 Å². The first-order chi connectivity index (χ1) is 15.7. The number of rotatable bonds is 3. The lowest BCUT2D eigenvalue weighted by Gasteiger charge is -2.04. The first kappa shape index (κ1) is 18.1. The molecule has 0 radical (unpaired) electrons. The average Bonchev–Trinajstić information content (AvgIpc) is 3.42. The summed E-state index contributed by atoms with van der Waals surface area (Å²) < 4.78 is 13.9. The van der Waals surface area contributed by atoms with E-state index in [4.69, 9.17) is 10.7 Å². The van der Waals surface area contributed by atoms with Gasteiger partial charge in [0.1, 0.15) is 17.0 Å². The van der Waals surface area contributed by atoms with Crippen molar-refractivity contribution in [2.75, 3.05) is 5.73 Å². The normalized spacial score (nSPS) is 11.4. The van der Waals surface area contributed by atoms with Gasteiger partial charge in [0.25, 0.3) is 0 Å². The fourth-order valence-electron chi connectivity index (χ4n) is 3.78. The molecule has 0 aliphatic carbocycles. The molecule has 6 aromatic rings. The maximum Gasteiger partial charge on any atom is 0.160 e. The molecule has 1 aromatic carbocycles. The van der Waals surface area contributed by atoms with Crippen LogP contribution < -0.4 is 5.73 Å². The zero-order valence-electron chi connectivity index (χ0n) is 16.5. The predicted molar refractivity (Wildman–Crippen MR) is 120 cm³/mol. The molecule has 0 saturated carbocycles. The van der Waals surface area contributed by atoms with Gasteiger partial charge < -0.3 is 10.7 Å². The van der Waals surface area contributed by atoms with E-state index in [-0.39, 0.29) is 0 Å². The molecule has 0 amide bonds. The molecule has 6 rings (SSSR count). The molecule has 0 saturated heterocycles. The fourth-order valence-corrected chi connectivity index (χ4v) is 3.78. The van der Waals surface area contributed by atoms with Crippen molar-refractivity contribution < 1.29 is 4.39 Å². The molecule has 0 atom stereocenters. The third-order valence-corrected chi connectivity index (χ3v) is 5.21. The molecule has 32 heavy (non-hydrogen) atoms. The highest BCUT2D eigenvalue weighted by Crippen LogP contribution is 2.32. The van der Waals surface area contributed by atoms with E-state index in [9.17, 15) is 4.39 Å². The van der Waals surface area contributed by atoms with Crippen LogP contribution in [0.1, 0.15) is 0 Å². The number of hydrogen-bond acceptors (Lipinski definition) is 6. The van der Waals surface area contributed by atoms with Gasteiger partial charge in [-0.1, -0.05) is 6.07 Å². The number of halogens is 1. The smallest absolute Gasteiger partial charge is 0.160 e. The zero-order chi connectivity index (χ0) is 21.7. The lowest BCUT2D eigenvalue weighted by Crippen LogP contribution is -1.90. The highest BCUT2D eigenvalue weighted by Gasteiger charge is 2.17. The number of fused-ring (bicyclic) bond motifs is 2. The number of nitrogens with two attached hydrogens (primary N) is 1. The van der Waals surface area contributed by atoms with Crippen LogP contribution in [0.4, 0.5) is 10.1 Å². The highest BCUT2D eigenvalue weighted by molar-refractivity contribution is 5.96. The largest absolute Gasteiger partial charge is 0.399 e. The number of aromatic amines is 2. The van der Waals surface area contributed by atoms with E-state index >= 15 is 0 Å². The second-order valence-corrected chi connectivity index (χ2v) is 7.32. The molecule has 0 bridgehead atoms. The molecule has 8 nitrogen and oxygen atoms in total. The quantitative estimate of drug-likeness (QED) is 0.365. The van der Waals surface area contributed by atoms with Crippen molar-refractivity contribution in [1.82, 2.24) is 35.1 Å². The summed E-state index contributed by atoms with van der Waals surface area (Å²) >= 11 is 0. The summed E-state index contributed by atoms with van der Waals surface area (Å²) in [7, 11) is 0. The summed E-state index contributed by atoms with van der Waals surface area (Å²) in [4.78, 5) is 21.2. The number of nitrogens with one attached hydrogen (secondary N) is 2. The van der Waals surface area contributed by atoms with E-state index < -0.39 is 5.82 Å². The number of anilines is 1. The van der Waals surface area contributed by atoms with Crippen LogP contribution in [0.15, 0.2) is 67.1 Å². The number of nitrogens with zero attached hydrogens (tertiary/aromatic N) is 5. The molecule has 4 N–H and O–H groups in total. The molecule has 154 valence electrons. The van der Waals surface area contributed by atoms with Crippen molar-refractivity contribution in [1.29, 1.82) is 0 Å². The second kappa shape index (κ2) is 6.95. The van der Waals surface area contributed by atoms with Crippen molar-refractivity contribution in [2.24, 2.45) is 0 Å². The summed E-state index contributed by atoms with van der Waals surface area (Å²) in [6, 6.07) is 13.8. The highest BCUT2D eigenvalue weighted by atomic mass is 19.1. The van der Waals surface area contributed by atoms with Crippen molar-refractivity contribution in [3.05, 3.63) is 72.9 Å². The van der Waals surface area contributed by atoms with Crippen molar-refractivity contribution in [3.63, 3.8) is 0 Å². The molecular formula is C23H15FN8. The van der Waals surface area contributed by atoms with Gasteiger partial charge >= 0.3 is 0 Å². The number of benzene rings is 1. The molecule has 5 heterocycles. The summed E-state index contributed by atoms with van der Waals surface area (Å²) in [5.41, 5.74) is 11.6. The van der Waals surface area contributed by atoms with E-state index in [1.165, 1.54) is 12.1 Å². The van der Waals surface area contributed by atoms with Crippen molar-refractivity contribution in [3.8, 4) is 34.0 Å². The Labute approximate surface area is 180 Å². The van der Waals surface area contributed by atoms with Crippen LogP contribution in [0.3, 0.4) is 0 Å². The number of imidazole rings is 1. The monoisotopic (exact) mass is 422 g/mol. The number of hydrogen-bond donors (Lipinski definition) is 3.